The van der Waals surface area contributed by atoms with Gasteiger partial charge in [0.2, 0.25) is 0 Å². The third-order valence-electron chi connectivity index (χ3n) is 2.70. The van der Waals surface area contributed by atoms with Gasteiger partial charge in [-0.05, 0) is 26.3 Å². The number of methoxy groups -OCH3 is 1. The average molecular weight is 186 g/mol. The summed E-state index contributed by atoms with van der Waals surface area (Å²) in [5.74, 6) is 0. The number of piperazine rings is 1. The molecule has 0 saturated carbocycles. The molecule has 0 amide bonds. The van der Waals surface area contributed by atoms with Crippen LogP contribution in [0.25, 0.3) is 0 Å². The van der Waals surface area contributed by atoms with E-state index in [-0.39, 0.29) is 0 Å². The molecule has 0 aliphatic carbocycles. The SMILES string of the molecule is COC(C)CCCN1CCNCC1. The van der Waals surface area contributed by atoms with Crippen LogP contribution in [0.15, 0.2) is 0 Å². The lowest BCUT2D eigenvalue weighted by Crippen LogP contribution is -2.43. The van der Waals surface area contributed by atoms with Gasteiger partial charge in [0.1, 0.15) is 0 Å². The van der Waals surface area contributed by atoms with Crippen LogP contribution in [0.3, 0.4) is 0 Å². The monoisotopic (exact) mass is 186 g/mol. The van der Waals surface area contributed by atoms with E-state index in [0.29, 0.717) is 6.10 Å². The minimum Gasteiger partial charge on any atom is -0.382 e. The normalized spacial score (nSPS) is 21.7. The first-order valence-electron chi connectivity index (χ1n) is 5.29. The van der Waals surface area contributed by atoms with E-state index in [4.69, 9.17) is 4.74 Å². The minimum atomic E-state index is 0.419. The Hall–Kier alpha value is -0.120. The predicted octanol–water partition coefficient (Wildman–Crippen LogP) is 0.707. The molecule has 0 aromatic rings. The second kappa shape index (κ2) is 6.35. The highest BCUT2D eigenvalue weighted by Gasteiger charge is 2.09. The van der Waals surface area contributed by atoms with E-state index in [9.17, 15) is 0 Å². The van der Waals surface area contributed by atoms with Gasteiger partial charge in [-0.1, -0.05) is 0 Å². The van der Waals surface area contributed by atoms with Gasteiger partial charge in [0.15, 0.2) is 0 Å². The lowest BCUT2D eigenvalue weighted by Gasteiger charge is -2.27. The second-order valence-corrected chi connectivity index (χ2v) is 3.78. The molecule has 3 nitrogen and oxygen atoms in total. The fourth-order valence-corrected chi connectivity index (χ4v) is 1.65. The summed E-state index contributed by atoms with van der Waals surface area (Å²) in [7, 11) is 1.79. The number of hydrogen-bond acceptors (Lipinski definition) is 3. The summed E-state index contributed by atoms with van der Waals surface area (Å²) in [5, 5.41) is 3.36. The first-order chi connectivity index (χ1) is 6.33. The maximum absolute atomic E-state index is 5.21. The molecule has 1 heterocycles. The van der Waals surface area contributed by atoms with Crippen LogP contribution in [0.5, 0.6) is 0 Å². The quantitative estimate of drug-likeness (QED) is 0.684. The zero-order chi connectivity index (χ0) is 9.52. The van der Waals surface area contributed by atoms with Crippen molar-refractivity contribution < 1.29 is 4.74 Å². The molecule has 1 saturated heterocycles. The molecule has 13 heavy (non-hydrogen) atoms. The van der Waals surface area contributed by atoms with Crippen LogP contribution in [-0.4, -0.2) is 50.8 Å². The summed E-state index contributed by atoms with van der Waals surface area (Å²) in [6.45, 7) is 8.09. The smallest absolute Gasteiger partial charge is 0.0543 e. The van der Waals surface area contributed by atoms with E-state index in [1.807, 2.05) is 0 Å². The fraction of sp³-hybridized carbons (Fsp3) is 1.00. The van der Waals surface area contributed by atoms with Gasteiger partial charge in [-0.25, -0.2) is 0 Å². The van der Waals surface area contributed by atoms with Gasteiger partial charge in [0.05, 0.1) is 6.10 Å². The molecule has 0 bridgehead atoms. The topological polar surface area (TPSA) is 24.5 Å². The van der Waals surface area contributed by atoms with Crippen molar-refractivity contribution in [3.63, 3.8) is 0 Å². The van der Waals surface area contributed by atoms with Crippen LogP contribution in [0.4, 0.5) is 0 Å². The zero-order valence-electron chi connectivity index (χ0n) is 8.88. The standard InChI is InChI=1S/C10H22N2O/c1-10(13-2)4-3-7-12-8-5-11-6-9-12/h10-11H,3-9H2,1-2H3. The number of hydrogen-bond donors (Lipinski definition) is 1. The maximum Gasteiger partial charge on any atom is 0.0543 e. The molecule has 1 unspecified atom stereocenters. The lowest BCUT2D eigenvalue weighted by molar-refractivity contribution is 0.104. The van der Waals surface area contributed by atoms with Crippen LogP contribution < -0.4 is 5.32 Å². The van der Waals surface area contributed by atoms with E-state index < -0.39 is 0 Å². The summed E-state index contributed by atoms with van der Waals surface area (Å²) in [4.78, 5) is 2.53. The minimum absolute atomic E-state index is 0.419. The summed E-state index contributed by atoms with van der Waals surface area (Å²) in [6, 6.07) is 0. The van der Waals surface area contributed by atoms with Crippen LogP contribution in [0.2, 0.25) is 0 Å². The van der Waals surface area contributed by atoms with Crippen molar-refractivity contribution in [3.8, 4) is 0 Å². The van der Waals surface area contributed by atoms with Crippen LogP contribution in [-0.2, 0) is 4.74 Å². The van der Waals surface area contributed by atoms with Crippen LogP contribution in [0.1, 0.15) is 19.8 Å². The highest BCUT2D eigenvalue weighted by Crippen LogP contribution is 2.02. The molecule has 1 atom stereocenters. The molecular formula is C10H22N2O. The Kier molecular flexibility index (Phi) is 5.35. The Bertz CT molecular complexity index is 124. The molecule has 0 aromatic carbocycles. The van der Waals surface area contributed by atoms with Gasteiger partial charge in [-0.2, -0.15) is 0 Å². The molecule has 1 fully saturated rings. The summed E-state index contributed by atoms with van der Waals surface area (Å²) >= 11 is 0. The average Bonchev–Trinajstić information content (AvgIpc) is 2.19. The lowest BCUT2D eigenvalue weighted by atomic mass is 10.2. The molecule has 1 aliphatic heterocycles. The van der Waals surface area contributed by atoms with Crippen molar-refractivity contribution in [3.05, 3.63) is 0 Å². The number of nitrogens with zero attached hydrogens (tertiary/aromatic N) is 1. The fourth-order valence-electron chi connectivity index (χ4n) is 1.65. The van der Waals surface area contributed by atoms with Gasteiger partial charge in [-0.15, -0.1) is 0 Å². The number of rotatable bonds is 5. The highest BCUT2D eigenvalue weighted by atomic mass is 16.5. The van der Waals surface area contributed by atoms with Crippen molar-refractivity contribution in [2.24, 2.45) is 0 Å². The maximum atomic E-state index is 5.21. The van der Waals surface area contributed by atoms with Crippen molar-refractivity contribution >= 4 is 0 Å². The van der Waals surface area contributed by atoms with Crippen LogP contribution in [0, 0.1) is 0 Å². The van der Waals surface area contributed by atoms with E-state index in [1.54, 1.807) is 7.11 Å². The predicted molar refractivity (Wildman–Crippen MR) is 55.0 cm³/mol. The first-order valence-corrected chi connectivity index (χ1v) is 5.29. The molecule has 0 aromatic heterocycles. The van der Waals surface area contributed by atoms with Gasteiger partial charge < -0.3 is 15.0 Å². The van der Waals surface area contributed by atoms with E-state index in [2.05, 4.69) is 17.1 Å². The van der Waals surface area contributed by atoms with Gasteiger partial charge in [-0.3, -0.25) is 0 Å². The Balaban J connectivity index is 1.98. The summed E-state index contributed by atoms with van der Waals surface area (Å²) in [5.41, 5.74) is 0. The van der Waals surface area contributed by atoms with E-state index in [0.717, 1.165) is 13.1 Å². The van der Waals surface area contributed by atoms with E-state index >= 15 is 0 Å². The third kappa shape index (κ3) is 4.60. The van der Waals surface area contributed by atoms with Crippen LogP contribution >= 0.6 is 0 Å². The molecular weight excluding hydrogens is 164 g/mol. The Morgan fingerprint density at radius 2 is 2.08 bits per heavy atom. The zero-order valence-corrected chi connectivity index (χ0v) is 8.88. The van der Waals surface area contributed by atoms with Crippen molar-refractivity contribution in [1.82, 2.24) is 10.2 Å². The molecule has 0 spiro atoms. The van der Waals surface area contributed by atoms with Crippen molar-refractivity contribution in [2.45, 2.75) is 25.9 Å². The highest BCUT2D eigenvalue weighted by molar-refractivity contribution is 4.67. The molecule has 78 valence electrons. The molecule has 1 aliphatic rings. The van der Waals surface area contributed by atoms with Crippen molar-refractivity contribution in [2.75, 3.05) is 39.8 Å². The third-order valence-corrected chi connectivity index (χ3v) is 2.70. The number of nitrogens with one attached hydrogen (secondary N) is 1. The summed E-state index contributed by atoms with van der Waals surface area (Å²) in [6.07, 6.45) is 2.86. The van der Waals surface area contributed by atoms with E-state index in [1.165, 1.54) is 32.5 Å². The molecule has 1 rings (SSSR count). The Labute approximate surface area is 81.4 Å². The molecule has 3 heteroatoms. The number of ether oxygens (including phenoxy) is 1. The largest absolute Gasteiger partial charge is 0.382 e. The van der Waals surface area contributed by atoms with Crippen molar-refractivity contribution in [1.29, 1.82) is 0 Å². The van der Waals surface area contributed by atoms with Gasteiger partial charge in [0, 0.05) is 33.3 Å². The molecule has 0 radical (unpaired) electrons. The summed E-state index contributed by atoms with van der Waals surface area (Å²) < 4.78 is 5.21. The second-order valence-electron chi connectivity index (χ2n) is 3.78. The Morgan fingerprint density at radius 1 is 1.38 bits per heavy atom. The Morgan fingerprint density at radius 3 is 2.69 bits per heavy atom. The van der Waals surface area contributed by atoms with Gasteiger partial charge >= 0.3 is 0 Å². The first kappa shape index (κ1) is 11.0. The molecule has 1 N–H and O–H groups in total. The van der Waals surface area contributed by atoms with Gasteiger partial charge in [0.25, 0.3) is 0 Å².